The van der Waals surface area contributed by atoms with Crippen LogP contribution in [0.4, 0.5) is 4.79 Å². The number of nitrogens with one attached hydrogen (secondary N) is 1. The Balaban J connectivity index is 2.37. The van der Waals surface area contributed by atoms with Gasteiger partial charge in [0.2, 0.25) is 0 Å². The van der Waals surface area contributed by atoms with Crippen molar-refractivity contribution in [1.29, 1.82) is 0 Å². The van der Waals surface area contributed by atoms with Crippen molar-refractivity contribution >= 4 is 39.6 Å². The number of nitrogens with zero attached hydrogens (tertiary/aromatic N) is 1. The largest absolute Gasteiger partial charge is 0.449 e. The highest BCUT2D eigenvalue weighted by atomic mass is 79.9. The van der Waals surface area contributed by atoms with Crippen LogP contribution >= 0.6 is 27.3 Å². The van der Waals surface area contributed by atoms with Crippen LogP contribution < -0.4 is 5.43 Å². The standard InChI is InChI=1S/C8H9BrN2O2S/c1-2-13-8(12)11-10-4-7-3-6(9)5-14-7/h3-5H,2H2,1H3,(H,11,12)/b10-4-. The SMILES string of the molecule is CCOC(=O)N/N=C\c1cc(Br)cs1. The van der Waals surface area contributed by atoms with E-state index in [-0.39, 0.29) is 0 Å². The monoisotopic (exact) mass is 276 g/mol. The summed E-state index contributed by atoms with van der Waals surface area (Å²) in [6.45, 7) is 2.07. The van der Waals surface area contributed by atoms with Crippen LogP contribution in [-0.2, 0) is 4.74 Å². The maximum atomic E-state index is 10.8. The van der Waals surface area contributed by atoms with Gasteiger partial charge in [0.05, 0.1) is 12.8 Å². The van der Waals surface area contributed by atoms with Gasteiger partial charge in [-0.2, -0.15) is 5.10 Å². The molecule has 0 aliphatic heterocycles. The van der Waals surface area contributed by atoms with Crippen LogP contribution in [0.15, 0.2) is 21.0 Å². The summed E-state index contributed by atoms with van der Waals surface area (Å²) in [6.07, 6.45) is 1.02. The Bertz CT molecular complexity index is 338. The van der Waals surface area contributed by atoms with Crippen molar-refractivity contribution in [2.24, 2.45) is 5.10 Å². The number of hydrogen-bond acceptors (Lipinski definition) is 4. The second-order valence-corrected chi connectivity index (χ2v) is 4.12. The van der Waals surface area contributed by atoms with Gasteiger partial charge in [0, 0.05) is 14.7 Å². The lowest BCUT2D eigenvalue weighted by Crippen LogP contribution is -2.18. The minimum Gasteiger partial charge on any atom is -0.449 e. The number of hydrazone groups is 1. The fraction of sp³-hybridized carbons (Fsp3) is 0.250. The fourth-order valence-corrected chi connectivity index (χ4v) is 2.01. The zero-order chi connectivity index (χ0) is 10.4. The first-order chi connectivity index (χ1) is 6.72. The molecule has 1 aromatic rings. The first-order valence-electron chi connectivity index (χ1n) is 3.92. The Morgan fingerprint density at radius 3 is 3.21 bits per heavy atom. The van der Waals surface area contributed by atoms with Gasteiger partial charge in [0.1, 0.15) is 0 Å². The van der Waals surface area contributed by atoms with Gasteiger partial charge in [-0.15, -0.1) is 11.3 Å². The van der Waals surface area contributed by atoms with Crippen molar-refractivity contribution in [1.82, 2.24) is 5.43 Å². The maximum absolute atomic E-state index is 10.8. The molecule has 0 saturated heterocycles. The summed E-state index contributed by atoms with van der Waals surface area (Å²) in [5.41, 5.74) is 2.24. The minimum atomic E-state index is -0.542. The normalized spacial score (nSPS) is 10.4. The Kier molecular flexibility index (Phi) is 4.61. The van der Waals surface area contributed by atoms with Gasteiger partial charge >= 0.3 is 6.09 Å². The van der Waals surface area contributed by atoms with Crippen molar-refractivity contribution in [2.75, 3.05) is 6.61 Å². The molecular formula is C8H9BrN2O2S. The van der Waals surface area contributed by atoms with Crippen molar-refractivity contribution in [3.63, 3.8) is 0 Å². The average molecular weight is 277 g/mol. The van der Waals surface area contributed by atoms with E-state index in [1.165, 1.54) is 11.3 Å². The summed E-state index contributed by atoms with van der Waals surface area (Å²) in [4.78, 5) is 11.7. The van der Waals surface area contributed by atoms with Gasteiger partial charge in [0.25, 0.3) is 0 Å². The Hall–Kier alpha value is -0.880. The summed E-state index contributed by atoms with van der Waals surface area (Å²) >= 11 is 4.84. The molecule has 1 aromatic heterocycles. The predicted molar refractivity (Wildman–Crippen MR) is 59.8 cm³/mol. The second-order valence-electron chi connectivity index (χ2n) is 2.26. The van der Waals surface area contributed by atoms with Crippen LogP contribution in [0.3, 0.4) is 0 Å². The molecule has 0 fully saturated rings. The van der Waals surface area contributed by atoms with Crippen molar-refractivity contribution in [3.8, 4) is 0 Å². The number of carbonyl (C=O) groups excluding carboxylic acids is 1. The van der Waals surface area contributed by atoms with Crippen LogP contribution in [-0.4, -0.2) is 18.9 Å². The number of carbonyl (C=O) groups is 1. The van der Waals surface area contributed by atoms with Crippen LogP contribution in [0.1, 0.15) is 11.8 Å². The highest BCUT2D eigenvalue weighted by Gasteiger charge is 1.96. The lowest BCUT2D eigenvalue weighted by molar-refractivity contribution is 0.152. The van der Waals surface area contributed by atoms with Gasteiger partial charge in [-0.25, -0.2) is 10.2 Å². The Morgan fingerprint density at radius 1 is 1.86 bits per heavy atom. The third kappa shape index (κ3) is 3.89. The average Bonchev–Trinajstić information content (AvgIpc) is 2.52. The molecule has 6 heteroatoms. The van der Waals surface area contributed by atoms with E-state index in [1.54, 1.807) is 13.1 Å². The van der Waals surface area contributed by atoms with E-state index in [0.717, 1.165) is 9.35 Å². The quantitative estimate of drug-likeness (QED) is 0.682. The minimum absolute atomic E-state index is 0.339. The molecule has 0 radical (unpaired) electrons. The number of thiophene rings is 1. The Morgan fingerprint density at radius 2 is 2.64 bits per heavy atom. The molecule has 0 bridgehead atoms. The van der Waals surface area contributed by atoms with E-state index in [1.807, 2.05) is 11.4 Å². The van der Waals surface area contributed by atoms with E-state index in [9.17, 15) is 4.79 Å². The molecule has 1 rings (SSSR count). The van der Waals surface area contributed by atoms with Crippen LogP contribution in [0.5, 0.6) is 0 Å². The molecule has 1 N–H and O–H groups in total. The number of amides is 1. The molecular weight excluding hydrogens is 268 g/mol. The zero-order valence-corrected chi connectivity index (χ0v) is 9.89. The van der Waals surface area contributed by atoms with Gasteiger partial charge in [-0.1, -0.05) is 0 Å². The molecule has 0 spiro atoms. The summed E-state index contributed by atoms with van der Waals surface area (Å²) in [5.74, 6) is 0. The topological polar surface area (TPSA) is 50.7 Å². The lowest BCUT2D eigenvalue weighted by atomic mass is 10.5. The zero-order valence-electron chi connectivity index (χ0n) is 7.49. The maximum Gasteiger partial charge on any atom is 0.427 e. The van der Waals surface area contributed by atoms with Crippen molar-refractivity contribution < 1.29 is 9.53 Å². The molecule has 0 saturated carbocycles. The molecule has 0 aromatic carbocycles. The van der Waals surface area contributed by atoms with Gasteiger partial charge in [-0.05, 0) is 28.9 Å². The summed E-state index contributed by atoms with van der Waals surface area (Å²) in [6, 6.07) is 1.90. The summed E-state index contributed by atoms with van der Waals surface area (Å²) in [5, 5.41) is 5.65. The number of hydrogen-bond donors (Lipinski definition) is 1. The third-order valence-electron chi connectivity index (χ3n) is 1.21. The number of rotatable bonds is 3. The third-order valence-corrected chi connectivity index (χ3v) is 2.84. The van der Waals surface area contributed by atoms with Crippen molar-refractivity contribution in [2.45, 2.75) is 6.92 Å². The molecule has 14 heavy (non-hydrogen) atoms. The van der Waals surface area contributed by atoms with E-state index < -0.39 is 6.09 Å². The van der Waals surface area contributed by atoms with Crippen molar-refractivity contribution in [3.05, 3.63) is 20.8 Å². The molecule has 0 unspecified atom stereocenters. The molecule has 0 aliphatic rings. The van der Waals surface area contributed by atoms with Crippen LogP contribution in [0, 0.1) is 0 Å². The van der Waals surface area contributed by atoms with E-state index >= 15 is 0 Å². The fourth-order valence-electron chi connectivity index (χ4n) is 0.708. The first-order valence-corrected chi connectivity index (χ1v) is 5.59. The van der Waals surface area contributed by atoms with E-state index in [2.05, 4.69) is 31.2 Å². The number of halogens is 1. The summed E-state index contributed by atoms with van der Waals surface area (Å²) < 4.78 is 5.62. The molecule has 1 amide bonds. The number of ether oxygens (including phenoxy) is 1. The smallest absolute Gasteiger partial charge is 0.427 e. The molecule has 0 atom stereocenters. The lowest BCUT2D eigenvalue weighted by Gasteiger charge is -1.97. The predicted octanol–water partition coefficient (Wildman–Crippen LogP) is 2.59. The van der Waals surface area contributed by atoms with Crippen LogP contribution in [0.25, 0.3) is 0 Å². The molecule has 4 nitrogen and oxygen atoms in total. The highest BCUT2D eigenvalue weighted by molar-refractivity contribution is 9.10. The van der Waals surface area contributed by atoms with Gasteiger partial charge < -0.3 is 4.74 Å². The highest BCUT2D eigenvalue weighted by Crippen LogP contribution is 2.17. The van der Waals surface area contributed by atoms with Gasteiger partial charge in [0.15, 0.2) is 0 Å². The second kappa shape index (κ2) is 5.77. The molecule has 1 heterocycles. The van der Waals surface area contributed by atoms with E-state index in [4.69, 9.17) is 0 Å². The van der Waals surface area contributed by atoms with E-state index in [0.29, 0.717) is 6.61 Å². The summed E-state index contributed by atoms with van der Waals surface area (Å²) in [7, 11) is 0. The van der Waals surface area contributed by atoms with Gasteiger partial charge in [-0.3, -0.25) is 0 Å². The van der Waals surface area contributed by atoms with Crippen LogP contribution in [0.2, 0.25) is 0 Å². The Labute approximate surface area is 94.1 Å². The molecule has 0 aliphatic carbocycles. The molecule has 76 valence electrons. The first kappa shape index (κ1) is 11.2.